The first-order valence-electron chi connectivity index (χ1n) is 18.7. The maximum absolute atomic E-state index is 13.3. The Labute approximate surface area is 328 Å². The van der Waals surface area contributed by atoms with Crippen LogP contribution in [0.15, 0.2) is 77.6 Å². The summed E-state index contributed by atoms with van der Waals surface area (Å²) in [6.45, 7) is 16.0. The van der Waals surface area contributed by atoms with E-state index in [1.54, 1.807) is 30.0 Å². The van der Waals surface area contributed by atoms with Crippen molar-refractivity contribution in [3.05, 3.63) is 105 Å². The Balaban J connectivity index is 0.000000729. The number of hydrazone groups is 1. The fourth-order valence-electron chi connectivity index (χ4n) is 5.23. The number of hydrogen-bond donors (Lipinski definition) is 3. The summed E-state index contributed by atoms with van der Waals surface area (Å²) in [5, 5.41) is 15.7. The maximum atomic E-state index is 13.3. The summed E-state index contributed by atoms with van der Waals surface area (Å²) < 4.78 is 39.6. The van der Waals surface area contributed by atoms with Gasteiger partial charge in [0.25, 0.3) is 11.8 Å². The molecule has 1 fully saturated rings. The monoisotopic (exact) mass is 788 g/mol. The van der Waals surface area contributed by atoms with Crippen molar-refractivity contribution in [1.82, 2.24) is 5.43 Å². The van der Waals surface area contributed by atoms with Gasteiger partial charge >= 0.3 is 6.18 Å². The molecule has 0 radical (unpaired) electrons. The first-order chi connectivity index (χ1) is 25.7. The number of nitrogens with one attached hydrogen (secondary N) is 2. The van der Waals surface area contributed by atoms with Crippen LogP contribution in [0, 0.1) is 5.41 Å². The van der Waals surface area contributed by atoms with Crippen molar-refractivity contribution in [2.45, 2.75) is 98.9 Å². The van der Waals surface area contributed by atoms with Crippen molar-refractivity contribution >= 4 is 52.8 Å². The molecule has 0 spiro atoms. The third-order valence-electron chi connectivity index (χ3n) is 8.67. The second-order valence-electron chi connectivity index (χ2n) is 13.2. The molecule has 0 aliphatic carbocycles. The van der Waals surface area contributed by atoms with Gasteiger partial charge in [0.05, 0.1) is 33.8 Å². The molecule has 4 rings (SSSR count). The molecule has 1 heterocycles. The van der Waals surface area contributed by atoms with Crippen molar-refractivity contribution < 1.29 is 27.9 Å². The van der Waals surface area contributed by atoms with Crippen molar-refractivity contribution in [2.75, 3.05) is 29.1 Å². The van der Waals surface area contributed by atoms with E-state index in [9.17, 15) is 27.9 Å². The van der Waals surface area contributed by atoms with Crippen LogP contribution in [0.2, 0.25) is 5.02 Å². The maximum Gasteiger partial charge on any atom is 0.417 e. The quantitative estimate of drug-likeness (QED) is 0.0694. The molecule has 0 bridgehead atoms. The second-order valence-corrected chi connectivity index (χ2v) is 14.7. The van der Waals surface area contributed by atoms with Crippen LogP contribution in [0.4, 0.5) is 24.5 Å². The van der Waals surface area contributed by atoms with Gasteiger partial charge in [-0.2, -0.15) is 30.0 Å². The molecule has 296 valence electrons. The van der Waals surface area contributed by atoms with E-state index in [-0.39, 0.29) is 22.4 Å². The molecule has 12 heteroatoms. The molecule has 2 amide bonds. The van der Waals surface area contributed by atoms with E-state index < -0.39 is 22.7 Å². The first kappa shape index (κ1) is 46.2. The Morgan fingerprint density at radius 2 is 1.67 bits per heavy atom. The van der Waals surface area contributed by atoms with Crippen LogP contribution in [0.5, 0.6) is 0 Å². The van der Waals surface area contributed by atoms with E-state index in [1.165, 1.54) is 6.07 Å². The Morgan fingerprint density at radius 1 is 0.963 bits per heavy atom. The number of benzene rings is 3. The molecule has 3 aromatic rings. The summed E-state index contributed by atoms with van der Waals surface area (Å²) in [4.78, 5) is 28.7. The van der Waals surface area contributed by atoms with E-state index in [1.807, 2.05) is 51.1 Å². The third-order valence-corrected chi connectivity index (χ3v) is 10.2. The number of carbonyl (C=O) groups is 2. The predicted molar refractivity (Wildman–Crippen MR) is 221 cm³/mol. The largest absolute Gasteiger partial charge is 0.512 e. The third kappa shape index (κ3) is 14.7. The standard InChI is InChI=1S/C31H32ClF3N4O2S.C9H18O.C2H6/c1-2-15-42-20-22-7-6-8-23(16-22)29(40)37-28-12-10-24(39-13-4-3-5-14-39)18-25(28)30(41)38-36-19-21-9-11-27(32)26(17-21)31(33,34)35;1-5-7-8(10)9(3,4)6-2;1-2/h6-12,16-19H,2-5,13-15,20H2,1H3,(H,37,40)(H,38,41);7,10H,5-6H2,1-4H3;1-2H3/b36-19+;8-7+;. The van der Waals surface area contributed by atoms with Crippen LogP contribution < -0.4 is 15.6 Å². The Kier molecular flexibility index (Phi) is 19.7. The van der Waals surface area contributed by atoms with Gasteiger partial charge in [0.15, 0.2) is 0 Å². The van der Waals surface area contributed by atoms with Crippen molar-refractivity contribution in [3.8, 4) is 0 Å². The van der Waals surface area contributed by atoms with Gasteiger partial charge in [-0.25, -0.2) is 5.43 Å². The van der Waals surface area contributed by atoms with Gasteiger partial charge in [0.1, 0.15) is 0 Å². The lowest BCUT2D eigenvalue weighted by molar-refractivity contribution is -0.137. The average molecular weight is 789 g/mol. The molecule has 54 heavy (non-hydrogen) atoms. The molecule has 0 unspecified atom stereocenters. The zero-order valence-corrected chi connectivity index (χ0v) is 34.1. The van der Waals surface area contributed by atoms with E-state index >= 15 is 0 Å². The summed E-state index contributed by atoms with van der Waals surface area (Å²) >= 11 is 7.49. The zero-order chi connectivity index (χ0) is 40.3. The predicted octanol–water partition coefficient (Wildman–Crippen LogP) is 12.3. The summed E-state index contributed by atoms with van der Waals surface area (Å²) in [6, 6.07) is 16.0. The lowest BCUT2D eigenvalue weighted by atomic mass is 9.87. The minimum Gasteiger partial charge on any atom is -0.512 e. The zero-order valence-electron chi connectivity index (χ0n) is 32.6. The van der Waals surface area contributed by atoms with Gasteiger partial charge in [-0.05, 0) is 104 Å². The van der Waals surface area contributed by atoms with Crippen LogP contribution in [-0.2, 0) is 11.9 Å². The van der Waals surface area contributed by atoms with Crippen LogP contribution in [-0.4, -0.2) is 42.0 Å². The smallest absolute Gasteiger partial charge is 0.417 e. The molecule has 0 saturated carbocycles. The number of hydrogen-bond acceptors (Lipinski definition) is 6. The van der Waals surface area contributed by atoms with Crippen LogP contribution in [0.3, 0.4) is 0 Å². The topological polar surface area (TPSA) is 94.0 Å². The summed E-state index contributed by atoms with van der Waals surface area (Å²) in [7, 11) is 0. The molecular weight excluding hydrogens is 733 g/mol. The number of alkyl halides is 3. The van der Waals surface area contributed by atoms with Gasteiger partial charge in [-0.15, -0.1) is 0 Å². The fraction of sp³-hybridized carbons (Fsp3) is 0.452. The van der Waals surface area contributed by atoms with E-state index in [4.69, 9.17) is 11.6 Å². The molecule has 1 aliphatic heterocycles. The molecular formula is C42H56ClF3N4O3S. The van der Waals surface area contributed by atoms with Crippen LogP contribution in [0.1, 0.15) is 124 Å². The molecule has 1 aliphatic rings. The fourth-order valence-corrected chi connectivity index (χ4v) is 6.30. The number of aliphatic hydroxyl groups is 1. The highest BCUT2D eigenvalue weighted by Gasteiger charge is 2.33. The Bertz CT molecular complexity index is 1710. The first-order valence-corrected chi connectivity index (χ1v) is 20.2. The number of aliphatic hydroxyl groups excluding tert-OH is 1. The number of allylic oxidation sites excluding steroid dienone is 2. The summed E-state index contributed by atoms with van der Waals surface area (Å²) in [5.41, 5.74) is 4.29. The molecule has 3 aromatic carbocycles. The molecule has 1 saturated heterocycles. The molecule has 3 N–H and O–H groups in total. The van der Waals surface area contributed by atoms with Crippen molar-refractivity contribution in [3.63, 3.8) is 0 Å². The SMILES string of the molecule is CC.CC/C=C(/O)C(C)(C)CC.CCCSCc1cccc(C(=O)Nc2ccc(N3CCCCC3)cc2C(=O)N/N=C/c2ccc(Cl)c(C(F)(F)F)c2)c1. The summed E-state index contributed by atoms with van der Waals surface area (Å²) in [6.07, 6.45) is 4.55. The number of carbonyl (C=O) groups excluding carboxylic acids is 2. The van der Waals surface area contributed by atoms with Gasteiger partial charge < -0.3 is 15.3 Å². The highest BCUT2D eigenvalue weighted by molar-refractivity contribution is 7.98. The van der Waals surface area contributed by atoms with Crippen molar-refractivity contribution in [2.24, 2.45) is 10.5 Å². The Morgan fingerprint density at radius 3 is 2.30 bits per heavy atom. The van der Waals surface area contributed by atoms with Gasteiger partial charge in [0, 0.05) is 35.5 Å². The van der Waals surface area contributed by atoms with E-state index in [0.29, 0.717) is 17.0 Å². The van der Waals surface area contributed by atoms with E-state index in [2.05, 4.69) is 48.4 Å². The van der Waals surface area contributed by atoms with Crippen molar-refractivity contribution in [1.29, 1.82) is 0 Å². The number of amides is 2. The number of anilines is 2. The lowest BCUT2D eigenvalue weighted by Gasteiger charge is -2.29. The summed E-state index contributed by atoms with van der Waals surface area (Å²) in [5.74, 6) is 1.37. The van der Waals surface area contributed by atoms with E-state index in [0.717, 1.165) is 92.7 Å². The lowest BCUT2D eigenvalue weighted by Crippen LogP contribution is -2.30. The van der Waals surface area contributed by atoms with Crippen LogP contribution >= 0.6 is 23.4 Å². The molecule has 0 atom stereocenters. The normalized spacial score (nSPS) is 13.4. The number of halogens is 4. The number of thioether (sulfide) groups is 1. The number of rotatable bonds is 13. The van der Waals surface area contributed by atoms with Crippen LogP contribution in [0.25, 0.3) is 0 Å². The number of piperidine rings is 1. The van der Waals surface area contributed by atoms with Gasteiger partial charge in [-0.1, -0.05) is 78.3 Å². The minimum atomic E-state index is -4.62. The molecule has 0 aromatic heterocycles. The average Bonchev–Trinajstić information content (AvgIpc) is 3.17. The molecule has 7 nitrogen and oxygen atoms in total. The highest BCUT2D eigenvalue weighted by atomic mass is 35.5. The van der Waals surface area contributed by atoms with Gasteiger partial charge in [0.2, 0.25) is 0 Å². The Hall–Kier alpha value is -3.96. The number of nitrogens with zero attached hydrogens (tertiary/aromatic N) is 2. The second kappa shape index (κ2) is 23.1. The van der Waals surface area contributed by atoms with Gasteiger partial charge in [-0.3, -0.25) is 9.59 Å². The minimum absolute atomic E-state index is 0.0317. The highest BCUT2D eigenvalue weighted by Crippen LogP contribution is 2.35.